The molecule has 0 saturated carbocycles. The molecule has 1 heterocycles. The van der Waals surface area contributed by atoms with Gasteiger partial charge in [-0.25, -0.2) is 0 Å². The zero-order chi connectivity index (χ0) is 17.5. The van der Waals surface area contributed by atoms with Gasteiger partial charge in [0, 0.05) is 26.2 Å². The summed E-state index contributed by atoms with van der Waals surface area (Å²) in [6.07, 6.45) is 2.93. The molecule has 0 unspecified atom stereocenters. The maximum absolute atomic E-state index is 5.49. The largest absolute Gasteiger partial charge is 0.493 e. The molecule has 0 radical (unpaired) electrons. The molecule has 0 spiro atoms. The molecule has 1 aromatic rings. The summed E-state index contributed by atoms with van der Waals surface area (Å²) >= 11 is 5.31. The number of methoxy groups -OCH3 is 2. The zero-order valence-electron chi connectivity index (χ0n) is 14.7. The molecule has 0 aliphatic carbocycles. The van der Waals surface area contributed by atoms with Gasteiger partial charge in [-0.2, -0.15) is 0 Å². The van der Waals surface area contributed by atoms with Crippen molar-refractivity contribution in [1.82, 2.24) is 15.5 Å². The third-order valence-corrected chi connectivity index (χ3v) is 4.56. The van der Waals surface area contributed by atoms with Crippen molar-refractivity contribution in [2.24, 2.45) is 0 Å². The van der Waals surface area contributed by atoms with E-state index in [2.05, 4.69) is 34.2 Å². The van der Waals surface area contributed by atoms with E-state index in [4.69, 9.17) is 21.7 Å². The molecule has 0 amide bonds. The van der Waals surface area contributed by atoms with E-state index in [9.17, 15) is 0 Å². The molecule has 6 heteroatoms. The van der Waals surface area contributed by atoms with Crippen molar-refractivity contribution in [2.45, 2.75) is 19.4 Å². The van der Waals surface area contributed by atoms with Gasteiger partial charge in [0.1, 0.15) is 0 Å². The van der Waals surface area contributed by atoms with Crippen LogP contribution in [0, 0.1) is 0 Å². The van der Waals surface area contributed by atoms with Crippen molar-refractivity contribution in [1.29, 1.82) is 0 Å². The Morgan fingerprint density at radius 3 is 2.67 bits per heavy atom. The first kappa shape index (κ1) is 18.5. The summed E-state index contributed by atoms with van der Waals surface area (Å²) in [5.74, 6) is 1.54. The standard InChI is InChI=1S/C18H27N3O2S/c1-5-8-21-9-7-13-10-16(22-3)17(23-4)11-14(13)15(21)12-20-18(24)19-6-2/h5,10-11,15H,1,6-9,12H2,2-4H3,(H2,19,20,24)/t15-/m1/s1. The summed E-state index contributed by atoms with van der Waals surface area (Å²) < 4.78 is 10.9. The highest BCUT2D eigenvalue weighted by Crippen LogP contribution is 2.37. The Balaban J connectivity index is 2.30. The monoisotopic (exact) mass is 349 g/mol. The number of thiocarbonyl (C=S) groups is 1. The van der Waals surface area contributed by atoms with E-state index in [1.165, 1.54) is 11.1 Å². The number of hydrogen-bond donors (Lipinski definition) is 2. The van der Waals surface area contributed by atoms with E-state index in [0.717, 1.165) is 44.1 Å². The van der Waals surface area contributed by atoms with Gasteiger partial charge >= 0.3 is 0 Å². The molecule has 0 fully saturated rings. The van der Waals surface area contributed by atoms with Gasteiger partial charge in [0.25, 0.3) is 0 Å². The second kappa shape index (κ2) is 8.89. The average Bonchev–Trinajstić information content (AvgIpc) is 2.59. The molecular weight excluding hydrogens is 322 g/mol. The first-order valence-corrected chi connectivity index (χ1v) is 8.66. The van der Waals surface area contributed by atoms with Crippen LogP contribution in [0.4, 0.5) is 0 Å². The van der Waals surface area contributed by atoms with Crippen molar-refractivity contribution in [2.75, 3.05) is 40.4 Å². The summed E-state index contributed by atoms with van der Waals surface area (Å²) in [6, 6.07) is 4.39. The minimum absolute atomic E-state index is 0.211. The van der Waals surface area contributed by atoms with Crippen LogP contribution in [0.2, 0.25) is 0 Å². The molecule has 5 nitrogen and oxygen atoms in total. The second-order valence-corrected chi connectivity index (χ2v) is 6.10. The Morgan fingerprint density at radius 2 is 2.04 bits per heavy atom. The maximum atomic E-state index is 5.49. The van der Waals surface area contributed by atoms with Gasteiger partial charge in [0.15, 0.2) is 16.6 Å². The molecule has 24 heavy (non-hydrogen) atoms. The predicted octanol–water partition coefficient (Wildman–Crippen LogP) is 2.27. The Bertz CT molecular complexity index is 592. The molecule has 1 atom stereocenters. The van der Waals surface area contributed by atoms with E-state index in [1.54, 1.807) is 14.2 Å². The van der Waals surface area contributed by atoms with E-state index in [0.29, 0.717) is 5.11 Å². The van der Waals surface area contributed by atoms with Crippen LogP contribution < -0.4 is 20.1 Å². The number of fused-ring (bicyclic) bond motifs is 1. The van der Waals surface area contributed by atoms with E-state index >= 15 is 0 Å². The van der Waals surface area contributed by atoms with E-state index in [1.807, 2.05) is 13.0 Å². The van der Waals surface area contributed by atoms with Gasteiger partial charge in [0.2, 0.25) is 0 Å². The first-order chi connectivity index (χ1) is 11.6. The van der Waals surface area contributed by atoms with Gasteiger partial charge < -0.3 is 20.1 Å². The number of nitrogens with one attached hydrogen (secondary N) is 2. The lowest BCUT2D eigenvalue weighted by molar-refractivity contribution is 0.205. The Morgan fingerprint density at radius 1 is 1.33 bits per heavy atom. The smallest absolute Gasteiger partial charge is 0.166 e. The molecule has 2 N–H and O–H groups in total. The summed E-state index contributed by atoms with van der Waals surface area (Å²) in [5, 5.41) is 7.14. The minimum Gasteiger partial charge on any atom is -0.493 e. The molecule has 1 aromatic carbocycles. The number of ether oxygens (including phenoxy) is 2. The van der Waals surface area contributed by atoms with Crippen LogP contribution >= 0.6 is 12.2 Å². The zero-order valence-corrected chi connectivity index (χ0v) is 15.5. The van der Waals surface area contributed by atoms with Gasteiger partial charge in [-0.3, -0.25) is 4.90 Å². The summed E-state index contributed by atoms with van der Waals surface area (Å²) in [5.41, 5.74) is 2.56. The third-order valence-electron chi connectivity index (χ3n) is 4.27. The lowest BCUT2D eigenvalue weighted by Crippen LogP contribution is -2.44. The van der Waals surface area contributed by atoms with E-state index in [-0.39, 0.29) is 6.04 Å². The molecule has 0 aromatic heterocycles. The van der Waals surface area contributed by atoms with Crippen LogP contribution in [0.1, 0.15) is 24.1 Å². The predicted molar refractivity (Wildman–Crippen MR) is 102 cm³/mol. The highest BCUT2D eigenvalue weighted by molar-refractivity contribution is 7.80. The van der Waals surface area contributed by atoms with Crippen LogP contribution in [0.5, 0.6) is 11.5 Å². The first-order valence-electron chi connectivity index (χ1n) is 8.26. The third kappa shape index (κ3) is 4.19. The van der Waals surface area contributed by atoms with Gasteiger partial charge in [-0.1, -0.05) is 6.08 Å². The number of rotatable bonds is 7. The van der Waals surface area contributed by atoms with Crippen molar-refractivity contribution < 1.29 is 9.47 Å². The van der Waals surface area contributed by atoms with Crippen LogP contribution in [-0.2, 0) is 6.42 Å². The molecule has 0 saturated heterocycles. The molecule has 1 aliphatic heterocycles. The molecule has 1 aliphatic rings. The van der Waals surface area contributed by atoms with Gasteiger partial charge in [-0.05, 0) is 48.8 Å². The normalized spacial score (nSPS) is 16.9. The fourth-order valence-electron chi connectivity index (χ4n) is 3.12. The highest BCUT2D eigenvalue weighted by atomic mass is 32.1. The van der Waals surface area contributed by atoms with Gasteiger partial charge in [0.05, 0.1) is 20.3 Å². The quantitative estimate of drug-likeness (QED) is 0.582. The van der Waals surface area contributed by atoms with Crippen molar-refractivity contribution in [3.63, 3.8) is 0 Å². The Kier molecular flexibility index (Phi) is 6.87. The average molecular weight is 350 g/mol. The SMILES string of the molecule is C=CCN1CCc2cc(OC)c(OC)cc2[C@H]1CNC(=S)NCC. The molecular formula is C18H27N3O2S. The van der Waals surface area contributed by atoms with Crippen LogP contribution in [0.3, 0.4) is 0 Å². The molecule has 0 bridgehead atoms. The van der Waals surface area contributed by atoms with Crippen LogP contribution in [0.15, 0.2) is 24.8 Å². The number of nitrogens with zero attached hydrogens (tertiary/aromatic N) is 1. The summed E-state index contributed by atoms with van der Waals surface area (Å²) in [4.78, 5) is 2.41. The summed E-state index contributed by atoms with van der Waals surface area (Å²) in [6.45, 7) is 9.29. The Labute approximate surface area is 150 Å². The molecule has 2 rings (SSSR count). The van der Waals surface area contributed by atoms with E-state index < -0.39 is 0 Å². The number of benzene rings is 1. The fraction of sp³-hybridized carbons (Fsp3) is 0.500. The molecule has 132 valence electrons. The summed E-state index contributed by atoms with van der Waals surface area (Å²) in [7, 11) is 3.34. The van der Waals surface area contributed by atoms with Gasteiger partial charge in [-0.15, -0.1) is 6.58 Å². The van der Waals surface area contributed by atoms with Crippen LogP contribution in [0.25, 0.3) is 0 Å². The van der Waals surface area contributed by atoms with Crippen molar-refractivity contribution >= 4 is 17.3 Å². The number of hydrogen-bond acceptors (Lipinski definition) is 4. The second-order valence-electron chi connectivity index (χ2n) is 5.70. The van der Waals surface area contributed by atoms with Crippen molar-refractivity contribution in [3.05, 3.63) is 35.9 Å². The topological polar surface area (TPSA) is 45.8 Å². The lowest BCUT2D eigenvalue weighted by atomic mass is 9.91. The lowest BCUT2D eigenvalue weighted by Gasteiger charge is -2.37. The van der Waals surface area contributed by atoms with Crippen molar-refractivity contribution in [3.8, 4) is 11.5 Å². The Hall–Kier alpha value is -1.79. The van der Waals surface area contributed by atoms with Crippen LogP contribution in [-0.4, -0.2) is 50.4 Å². The minimum atomic E-state index is 0.211. The highest BCUT2D eigenvalue weighted by Gasteiger charge is 2.28. The fourth-order valence-corrected chi connectivity index (χ4v) is 3.34. The maximum Gasteiger partial charge on any atom is 0.166 e.